The maximum Gasteiger partial charge on any atom is 0.410 e. The van der Waals surface area contributed by atoms with Gasteiger partial charge in [0.05, 0.1) is 5.69 Å². The number of carbonyl (C=O) groups is 3. The van der Waals surface area contributed by atoms with E-state index in [2.05, 4.69) is 55.4 Å². The Morgan fingerprint density at radius 3 is 2.02 bits per heavy atom. The third-order valence-corrected chi connectivity index (χ3v) is 7.57. The molecule has 0 radical (unpaired) electrons. The number of thiophene rings is 1. The van der Waals surface area contributed by atoms with Crippen LogP contribution in [0.2, 0.25) is 0 Å². The van der Waals surface area contributed by atoms with Crippen molar-refractivity contribution < 1.29 is 19.1 Å². The Balaban J connectivity index is 0.000000793. The standard InChI is InChI=1S/C17H27N3O4S.C11H15N.C8H18/c1-7-12(21)19-13-11(2)10-25-14(13)15(22)18-8-9-20(6)16(23)24-17(3,4)5;1-3-10(2)12-9-11-7-5-4-6-8-11;1-3-5-7-8-6-4-2/h10H,7-9H2,1-6H3,(H,18,22)(H,19,21);4-8,12H,2-3,9H2,1H3;3-8H2,1-2H3. The van der Waals surface area contributed by atoms with Gasteiger partial charge in [0.1, 0.15) is 10.5 Å². The molecular formula is C36H60N4O4S. The molecule has 0 aliphatic heterocycles. The van der Waals surface area contributed by atoms with E-state index in [1.165, 1.54) is 60.3 Å². The monoisotopic (exact) mass is 644 g/mol. The van der Waals surface area contributed by atoms with Crippen molar-refractivity contribution >= 4 is 34.9 Å². The molecule has 0 spiro atoms. The Morgan fingerprint density at radius 1 is 0.911 bits per heavy atom. The first-order valence-electron chi connectivity index (χ1n) is 16.3. The fraction of sp³-hybridized carbons (Fsp3) is 0.583. The minimum atomic E-state index is -0.560. The Labute approximate surface area is 277 Å². The summed E-state index contributed by atoms with van der Waals surface area (Å²) in [4.78, 5) is 37.7. The largest absolute Gasteiger partial charge is 0.444 e. The lowest BCUT2D eigenvalue weighted by Gasteiger charge is -2.24. The number of ether oxygens (including phenoxy) is 1. The second kappa shape index (κ2) is 24.0. The van der Waals surface area contributed by atoms with Crippen molar-refractivity contribution in [3.8, 4) is 0 Å². The van der Waals surface area contributed by atoms with Gasteiger partial charge in [-0.15, -0.1) is 11.3 Å². The second-order valence-corrected chi connectivity index (χ2v) is 12.8. The van der Waals surface area contributed by atoms with E-state index in [0.717, 1.165) is 24.2 Å². The van der Waals surface area contributed by atoms with E-state index in [0.29, 0.717) is 23.5 Å². The Hall–Kier alpha value is -3.33. The lowest BCUT2D eigenvalue weighted by Crippen LogP contribution is -2.39. The number of rotatable bonds is 15. The van der Waals surface area contributed by atoms with Crippen LogP contribution in [0.25, 0.3) is 0 Å². The van der Waals surface area contributed by atoms with Crippen LogP contribution >= 0.6 is 11.3 Å². The van der Waals surface area contributed by atoms with Crippen molar-refractivity contribution in [2.75, 3.05) is 25.5 Å². The van der Waals surface area contributed by atoms with Crippen LogP contribution < -0.4 is 16.0 Å². The van der Waals surface area contributed by atoms with Gasteiger partial charge in [0.15, 0.2) is 0 Å². The van der Waals surface area contributed by atoms with Crippen LogP contribution in [0.3, 0.4) is 0 Å². The summed E-state index contributed by atoms with van der Waals surface area (Å²) in [5.74, 6) is -0.415. The molecule has 0 bridgehead atoms. The molecule has 0 fully saturated rings. The number of likely N-dealkylation sites (N-methyl/N-ethyl adjacent to an activating group) is 1. The third-order valence-electron chi connectivity index (χ3n) is 6.47. The predicted molar refractivity (Wildman–Crippen MR) is 191 cm³/mol. The molecule has 0 aliphatic rings. The zero-order chi connectivity index (χ0) is 34.3. The summed E-state index contributed by atoms with van der Waals surface area (Å²) >= 11 is 1.28. The smallest absolute Gasteiger partial charge is 0.410 e. The van der Waals surface area contributed by atoms with Crippen molar-refractivity contribution in [1.82, 2.24) is 15.5 Å². The molecule has 0 atom stereocenters. The maximum absolute atomic E-state index is 12.3. The van der Waals surface area contributed by atoms with Crippen LogP contribution in [0.1, 0.15) is 121 Å². The molecule has 1 aromatic carbocycles. The molecule has 0 saturated heterocycles. The highest BCUT2D eigenvalue weighted by Crippen LogP contribution is 2.27. The molecule has 0 aliphatic carbocycles. The normalized spacial score (nSPS) is 10.3. The summed E-state index contributed by atoms with van der Waals surface area (Å²) in [6.45, 7) is 21.0. The van der Waals surface area contributed by atoms with E-state index >= 15 is 0 Å². The molecule has 2 aromatic rings. The van der Waals surface area contributed by atoms with Gasteiger partial charge in [-0.2, -0.15) is 0 Å². The van der Waals surface area contributed by atoms with Gasteiger partial charge in [-0.05, 0) is 50.6 Å². The highest BCUT2D eigenvalue weighted by atomic mass is 32.1. The van der Waals surface area contributed by atoms with Crippen LogP contribution in [0, 0.1) is 6.92 Å². The fourth-order valence-corrected chi connectivity index (χ4v) is 4.57. The summed E-state index contributed by atoms with van der Waals surface area (Å²) < 4.78 is 5.25. The van der Waals surface area contributed by atoms with Crippen LogP contribution in [-0.4, -0.2) is 48.5 Å². The fourth-order valence-electron chi connectivity index (χ4n) is 3.64. The van der Waals surface area contributed by atoms with E-state index < -0.39 is 11.7 Å². The van der Waals surface area contributed by atoms with Crippen molar-refractivity contribution in [3.05, 3.63) is 64.0 Å². The molecule has 9 heteroatoms. The topological polar surface area (TPSA) is 99.8 Å². The summed E-state index contributed by atoms with van der Waals surface area (Å²) in [6, 6.07) is 10.3. The van der Waals surface area contributed by atoms with Gasteiger partial charge in [0.2, 0.25) is 5.91 Å². The first-order valence-corrected chi connectivity index (χ1v) is 17.2. The molecule has 254 valence electrons. The lowest BCUT2D eigenvalue weighted by atomic mass is 10.1. The van der Waals surface area contributed by atoms with E-state index in [1.54, 1.807) is 34.7 Å². The van der Waals surface area contributed by atoms with Crippen LogP contribution in [0.5, 0.6) is 0 Å². The van der Waals surface area contributed by atoms with E-state index in [9.17, 15) is 14.4 Å². The van der Waals surface area contributed by atoms with Gasteiger partial charge < -0.3 is 25.6 Å². The average Bonchev–Trinajstić information content (AvgIpc) is 3.37. The van der Waals surface area contributed by atoms with Crippen LogP contribution in [-0.2, 0) is 16.1 Å². The molecule has 3 N–H and O–H groups in total. The van der Waals surface area contributed by atoms with Gasteiger partial charge in [-0.1, -0.05) is 103 Å². The van der Waals surface area contributed by atoms with Gasteiger partial charge in [0.25, 0.3) is 5.91 Å². The van der Waals surface area contributed by atoms with Crippen LogP contribution in [0.15, 0.2) is 48.0 Å². The number of allylic oxidation sites excluding steroid dienone is 1. The number of anilines is 1. The first-order chi connectivity index (χ1) is 21.3. The number of nitrogens with zero attached hydrogens (tertiary/aromatic N) is 1. The zero-order valence-electron chi connectivity index (χ0n) is 29.4. The minimum absolute atomic E-state index is 0.139. The number of unbranched alkanes of at least 4 members (excludes halogenated alkanes) is 5. The molecular weight excluding hydrogens is 584 g/mol. The van der Waals surface area contributed by atoms with Crippen molar-refractivity contribution in [1.29, 1.82) is 0 Å². The van der Waals surface area contributed by atoms with Crippen molar-refractivity contribution in [3.63, 3.8) is 0 Å². The number of benzene rings is 1. The molecule has 1 aromatic heterocycles. The Bertz CT molecular complexity index is 1120. The summed E-state index contributed by atoms with van der Waals surface area (Å²) in [5.41, 5.74) is 3.23. The van der Waals surface area contributed by atoms with Crippen molar-refractivity contribution in [2.45, 2.75) is 119 Å². The molecule has 0 saturated carbocycles. The van der Waals surface area contributed by atoms with Crippen LogP contribution in [0.4, 0.5) is 10.5 Å². The molecule has 3 amide bonds. The first kappa shape index (κ1) is 41.7. The van der Waals surface area contributed by atoms with Gasteiger partial charge in [0, 0.05) is 38.8 Å². The maximum atomic E-state index is 12.3. The minimum Gasteiger partial charge on any atom is -0.444 e. The quantitative estimate of drug-likeness (QED) is 0.168. The Morgan fingerprint density at radius 2 is 1.51 bits per heavy atom. The molecule has 2 rings (SSSR count). The summed E-state index contributed by atoms with van der Waals surface area (Å²) in [5, 5.41) is 10.6. The van der Waals surface area contributed by atoms with Crippen molar-refractivity contribution in [2.24, 2.45) is 0 Å². The highest BCUT2D eigenvalue weighted by Gasteiger charge is 2.20. The Kier molecular flexibility index (Phi) is 22.2. The SMILES string of the molecule is C=C(CC)NCc1ccccc1.CCC(=O)Nc1c(C)csc1C(=O)NCCN(C)C(=O)OC(C)(C)C.CCCCCCCC. The number of carbonyl (C=O) groups excluding carboxylic acids is 3. The molecule has 0 unspecified atom stereocenters. The third kappa shape index (κ3) is 20.3. The van der Waals surface area contributed by atoms with E-state index in [-0.39, 0.29) is 18.4 Å². The van der Waals surface area contributed by atoms with E-state index in [4.69, 9.17) is 4.74 Å². The summed E-state index contributed by atoms with van der Waals surface area (Å²) in [6.07, 6.45) is 9.39. The highest BCUT2D eigenvalue weighted by molar-refractivity contribution is 7.13. The number of aryl methyl sites for hydroxylation is 1. The van der Waals surface area contributed by atoms with Gasteiger partial charge >= 0.3 is 6.09 Å². The predicted octanol–water partition coefficient (Wildman–Crippen LogP) is 9.07. The van der Waals surface area contributed by atoms with Gasteiger partial charge in [-0.25, -0.2) is 4.79 Å². The average molecular weight is 645 g/mol. The molecule has 1 heterocycles. The summed E-state index contributed by atoms with van der Waals surface area (Å²) in [7, 11) is 1.61. The second-order valence-electron chi connectivity index (χ2n) is 11.9. The number of hydrogen-bond donors (Lipinski definition) is 3. The van der Waals surface area contributed by atoms with Gasteiger partial charge in [-0.3, -0.25) is 9.59 Å². The molecule has 8 nitrogen and oxygen atoms in total. The van der Waals surface area contributed by atoms with E-state index in [1.807, 2.05) is 30.5 Å². The number of nitrogens with one attached hydrogen (secondary N) is 3. The number of amides is 3. The molecule has 45 heavy (non-hydrogen) atoms. The number of hydrogen-bond acceptors (Lipinski definition) is 6. The zero-order valence-corrected chi connectivity index (χ0v) is 30.3. The lowest BCUT2D eigenvalue weighted by molar-refractivity contribution is -0.115.